The lowest BCUT2D eigenvalue weighted by molar-refractivity contribution is 0.282. The number of nitrogens with zero attached hydrogens (tertiary/aromatic N) is 2. The van der Waals surface area contributed by atoms with Crippen LogP contribution in [0.1, 0.15) is 12.0 Å². The summed E-state index contributed by atoms with van der Waals surface area (Å²) in [6.07, 6.45) is 6.42. The molecule has 2 rings (SSSR count). The number of benzene rings is 1. The lowest BCUT2D eigenvalue weighted by Crippen LogP contribution is -2.05. The van der Waals surface area contributed by atoms with Gasteiger partial charge in [0, 0.05) is 25.5 Å². The van der Waals surface area contributed by atoms with Crippen LogP contribution in [0.15, 0.2) is 36.9 Å². The summed E-state index contributed by atoms with van der Waals surface area (Å²) >= 11 is 0. The third-order valence-electron chi connectivity index (χ3n) is 2.84. The van der Waals surface area contributed by atoms with E-state index in [1.54, 1.807) is 19.6 Å². The molecular formula is C14H19N3O2. The van der Waals surface area contributed by atoms with E-state index >= 15 is 0 Å². The second-order valence-electron chi connectivity index (χ2n) is 4.19. The lowest BCUT2D eigenvalue weighted by atomic mass is 10.2. The summed E-state index contributed by atoms with van der Waals surface area (Å²) in [7, 11) is 1.63. The highest BCUT2D eigenvalue weighted by Gasteiger charge is 2.05. The number of imidazole rings is 1. The van der Waals surface area contributed by atoms with Gasteiger partial charge >= 0.3 is 0 Å². The van der Waals surface area contributed by atoms with E-state index in [2.05, 4.69) is 4.98 Å². The summed E-state index contributed by atoms with van der Waals surface area (Å²) in [6.45, 7) is 2.01. The van der Waals surface area contributed by atoms with Crippen LogP contribution in [0.3, 0.4) is 0 Å². The molecule has 102 valence electrons. The molecule has 0 saturated carbocycles. The molecule has 0 bridgehead atoms. The van der Waals surface area contributed by atoms with Crippen molar-refractivity contribution in [3.05, 3.63) is 42.5 Å². The average Bonchev–Trinajstić information content (AvgIpc) is 2.96. The summed E-state index contributed by atoms with van der Waals surface area (Å²) in [6, 6.07) is 5.75. The second-order valence-corrected chi connectivity index (χ2v) is 4.19. The first-order valence-corrected chi connectivity index (χ1v) is 6.29. The molecule has 0 amide bonds. The van der Waals surface area contributed by atoms with E-state index in [1.807, 2.05) is 29.0 Å². The smallest absolute Gasteiger partial charge is 0.161 e. The van der Waals surface area contributed by atoms with Crippen molar-refractivity contribution in [1.29, 1.82) is 0 Å². The first-order valence-electron chi connectivity index (χ1n) is 6.29. The first kappa shape index (κ1) is 13.4. The number of hydrogen-bond acceptors (Lipinski definition) is 4. The van der Waals surface area contributed by atoms with E-state index in [9.17, 15) is 0 Å². The zero-order valence-corrected chi connectivity index (χ0v) is 11.1. The number of methoxy groups -OCH3 is 1. The fourth-order valence-corrected chi connectivity index (χ4v) is 1.81. The minimum Gasteiger partial charge on any atom is -0.493 e. The largest absolute Gasteiger partial charge is 0.493 e. The van der Waals surface area contributed by atoms with E-state index < -0.39 is 0 Å². The number of ether oxygens (including phenoxy) is 2. The highest BCUT2D eigenvalue weighted by atomic mass is 16.5. The third-order valence-corrected chi connectivity index (χ3v) is 2.84. The van der Waals surface area contributed by atoms with Crippen molar-refractivity contribution in [2.75, 3.05) is 13.7 Å². The van der Waals surface area contributed by atoms with Crippen molar-refractivity contribution < 1.29 is 9.47 Å². The summed E-state index contributed by atoms with van der Waals surface area (Å²) in [5, 5.41) is 0. The molecule has 0 unspecified atom stereocenters. The van der Waals surface area contributed by atoms with Gasteiger partial charge in [-0.25, -0.2) is 4.98 Å². The molecule has 0 aliphatic carbocycles. The standard InChI is InChI=1S/C14H19N3O2/c1-18-13-4-3-12(10-15)9-14(13)19-8-2-6-17-7-5-16-11-17/h3-5,7,9,11H,2,6,8,10,15H2,1H3. The molecule has 1 aromatic carbocycles. The van der Waals surface area contributed by atoms with Crippen LogP contribution >= 0.6 is 0 Å². The molecule has 0 fully saturated rings. The van der Waals surface area contributed by atoms with E-state index in [-0.39, 0.29) is 0 Å². The van der Waals surface area contributed by atoms with Crippen LogP contribution in [0.5, 0.6) is 11.5 Å². The van der Waals surface area contributed by atoms with Crippen LogP contribution in [0.2, 0.25) is 0 Å². The highest BCUT2D eigenvalue weighted by Crippen LogP contribution is 2.28. The molecule has 0 radical (unpaired) electrons. The van der Waals surface area contributed by atoms with Crippen molar-refractivity contribution >= 4 is 0 Å². The zero-order chi connectivity index (χ0) is 13.5. The maximum atomic E-state index is 5.75. The van der Waals surface area contributed by atoms with Crippen LogP contribution < -0.4 is 15.2 Å². The van der Waals surface area contributed by atoms with Gasteiger partial charge in [0.2, 0.25) is 0 Å². The SMILES string of the molecule is COc1ccc(CN)cc1OCCCn1ccnc1. The molecule has 0 atom stereocenters. The summed E-state index contributed by atoms with van der Waals surface area (Å²) < 4.78 is 13.0. The second kappa shape index (κ2) is 6.80. The van der Waals surface area contributed by atoms with Gasteiger partial charge in [0.25, 0.3) is 0 Å². The summed E-state index contributed by atoms with van der Waals surface area (Å²) in [4.78, 5) is 4.00. The average molecular weight is 261 g/mol. The molecule has 0 saturated heterocycles. The molecule has 2 aromatic rings. The molecule has 1 heterocycles. The number of hydrogen-bond donors (Lipinski definition) is 1. The predicted molar refractivity (Wildman–Crippen MR) is 73.2 cm³/mol. The topological polar surface area (TPSA) is 62.3 Å². The van der Waals surface area contributed by atoms with Gasteiger partial charge in [-0.2, -0.15) is 0 Å². The molecule has 0 aliphatic rings. The van der Waals surface area contributed by atoms with Crippen LogP contribution in [-0.2, 0) is 13.1 Å². The van der Waals surface area contributed by atoms with Gasteiger partial charge in [-0.1, -0.05) is 6.07 Å². The Bertz CT molecular complexity index is 497. The highest BCUT2D eigenvalue weighted by molar-refractivity contribution is 5.42. The Balaban J connectivity index is 1.87. The van der Waals surface area contributed by atoms with Gasteiger partial charge in [0.1, 0.15) is 0 Å². The van der Waals surface area contributed by atoms with Crippen molar-refractivity contribution in [3.8, 4) is 11.5 Å². The fraction of sp³-hybridized carbons (Fsp3) is 0.357. The molecule has 5 heteroatoms. The van der Waals surface area contributed by atoms with Gasteiger partial charge in [-0.15, -0.1) is 0 Å². The summed E-state index contributed by atoms with van der Waals surface area (Å²) in [5.74, 6) is 1.48. The maximum absolute atomic E-state index is 5.75. The van der Waals surface area contributed by atoms with Gasteiger partial charge in [0.15, 0.2) is 11.5 Å². The molecule has 2 N–H and O–H groups in total. The van der Waals surface area contributed by atoms with Crippen LogP contribution in [0, 0.1) is 0 Å². The van der Waals surface area contributed by atoms with Crippen molar-refractivity contribution in [2.45, 2.75) is 19.5 Å². The van der Waals surface area contributed by atoms with Crippen molar-refractivity contribution in [3.63, 3.8) is 0 Å². The number of rotatable bonds is 7. The minimum atomic E-state index is 0.495. The van der Waals surface area contributed by atoms with E-state index in [0.29, 0.717) is 13.2 Å². The number of aromatic nitrogens is 2. The van der Waals surface area contributed by atoms with Gasteiger partial charge in [0.05, 0.1) is 20.0 Å². The van der Waals surface area contributed by atoms with Crippen LogP contribution in [0.25, 0.3) is 0 Å². The Morgan fingerprint density at radius 2 is 2.21 bits per heavy atom. The Hall–Kier alpha value is -2.01. The molecule has 5 nitrogen and oxygen atoms in total. The monoisotopic (exact) mass is 261 g/mol. The Morgan fingerprint density at radius 1 is 1.32 bits per heavy atom. The number of aryl methyl sites for hydroxylation is 1. The lowest BCUT2D eigenvalue weighted by Gasteiger charge is -2.12. The molecule has 19 heavy (non-hydrogen) atoms. The Labute approximate surface area is 113 Å². The fourth-order valence-electron chi connectivity index (χ4n) is 1.81. The van der Waals surface area contributed by atoms with Gasteiger partial charge in [-0.3, -0.25) is 0 Å². The molecule has 1 aromatic heterocycles. The minimum absolute atomic E-state index is 0.495. The van der Waals surface area contributed by atoms with E-state index in [0.717, 1.165) is 30.0 Å². The Kier molecular flexibility index (Phi) is 4.80. The molecule has 0 spiro atoms. The van der Waals surface area contributed by atoms with Gasteiger partial charge in [-0.05, 0) is 24.1 Å². The number of nitrogens with two attached hydrogens (primary N) is 1. The zero-order valence-electron chi connectivity index (χ0n) is 11.1. The van der Waals surface area contributed by atoms with E-state index in [1.165, 1.54) is 0 Å². The Morgan fingerprint density at radius 3 is 2.89 bits per heavy atom. The first-order chi connectivity index (χ1) is 9.33. The molecule has 0 aliphatic heterocycles. The predicted octanol–water partition coefficient (Wildman–Crippen LogP) is 1.82. The van der Waals surface area contributed by atoms with Gasteiger partial charge < -0.3 is 19.8 Å². The normalized spacial score (nSPS) is 10.4. The van der Waals surface area contributed by atoms with Crippen LogP contribution in [-0.4, -0.2) is 23.3 Å². The quantitative estimate of drug-likeness (QED) is 0.772. The van der Waals surface area contributed by atoms with Crippen molar-refractivity contribution in [2.24, 2.45) is 5.73 Å². The maximum Gasteiger partial charge on any atom is 0.161 e. The van der Waals surface area contributed by atoms with Crippen LogP contribution in [0.4, 0.5) is 0 Å². The summed E-state index contributed by atoms with van der Waals surface area (Å²) in [5.41, 5.74) is 6.66. The van der Waals surface area contributed by atoms with Crippen molar-refractivity contribution in [1.82, 2.24) is 9.55 Å². The third kappa shape index (κ3) is 3.72. The van der Waals surface area contributed by atoms with E-state index in [4.69, 9.17) is 15.2 Å². The molecular weight excluding hydrogens is 242 g/mol.